The number of amides is 1. The van der Waals surface area contributed by atoms with Gasteiger partial charge in [-0.2, -0.15) is 10.4 Å². The van der Waals surface area contributed by atoms with Crippen molar-refractivity contribution in [3.63, 3.8) is 0 Å². The SMILES string of the molecule is N#Cc1ccc(C(=O)N2Cc3nccn3CC(Cn3cccn3)C2)cc1. The van der Waals surface area contributed by atoms with Gasteiger partial charge in [-0.15, -0.1) is 0 Å². The van der Waals surface area contributed by atoms with Crippen molar-refractivity contribution in [1.82, 2.24) is 24.2 Å². The fourth-order valence-corrected chi connectivity index (χ4v) is 3.35. The van der Waals surface area contributed by atoms with Crippen molar-refractivity contribution in [2.75, 3.05) is 6.54 Å². The molecule has 0 saturated carbocycles. The minimum Gasteiger partial charge on any atom is -0.333 e. The molecule has 4 rings (SSSR count). The molecule has 1 aliphatic heterocycles. The molecule has 0 aliphatic carbocycles. The number of benzene rings is 1. The van der Waals surface area contributed by atoms with E-state index in [4.69, 9.17) is 5.26 Å². The second kappa shape index (κ2) is 6.84. The molecule has 3 heterocycles. The summed E-state index contributed by atoms with van der Waals surface area (Å²) in [6.07, 6.45) is 7.43. The van der Waals surface area contributed by atoms with Gasteiger partial charge in [0.25, 0.3) is 5.91 Å². The van der Waals surface area contributed by atoms with E-state index in [1.807, 2.05) is 28.0 Å². The maximum Gasteiger partial charge on any atom is 0.254 e. The van der Waals surface area contributed by atoms with Crippen molar-refractivity contribution >= 4 is 5.91 Å². The van der Waals surface area contributed by atoms with Crippen LogP contribution in [0.1, 0.15) is 21.7 Å². The van der Waals surface area contributed by atoms with Crippen LogP contribution in [0, 0.1) is 17.2 Å². The molecule has 0 fully saturated rings. The number of nitriles is 1. The molecule has 0 saturated heterocycles. The second-order valence-electron chi connectivity index (χ2n) is 6.46. The lowest BCUT2D eigenvalue weighted by atomic mass is 10.1. The van der Waals surface area contributed by atoms with Gasteiger partial charge in [0.05, 0.1) is 18.2 Å². The molecule has 26 heavy (non-hydrogen) atoms. The molecular formula is C19H18N6O. The van der Waals surface area contributed by atoms with Gasteiger partial charge in [0, 0.05) is 55.9 Å². The third-order valence-corrected chi connectivity index (χ3v) is 4.62. The van der Waals surface area contributed by atoms with Gasteiger partial charge < -0.3 is 9.47 Å². The molecule has 0 bridgehead atoms. The summed E-state index contributed by atoms with van der Waals surface area (Å²) in [4.78, 5) is 19.3. The zero-order chi connectivity index (χ0) is 17.9. The summed E-state index contributed by atoms with van der Waals surface area (Å²) in [6, 6.07) is 10.7. The number of imidazole rings is 1. The molecule has 1 aromatic carbocycles. The molecule has 1 aliphatic rings. The zero-order valence-corrected chi connectivity index (χ0v) is 14.2. The van der Waals surface area contributed by atoms with Crippen molar-refractivity contribution in [2.24, 2.45) is 5.92 Å². The zero-order valence-electron chi connectivity index (χ0n) is 14.2. The number of aromatic nitrogens is 4. The van der Waals surface area contributed by atoms with Crippen LogP contribution < -0.4 is 0 Å². The number of rotatable bonds is 3. The average Bonchev–Trinajstić information content (AvgIpc) is 3.30. The van der Waals surface area contributed by atoms with Gasteiger partial charge in [-0.3, -0.25) is 9.48 Å². The third kappa shape index (κ3) is 3.22. The van der Waals surface area contributed by atoms with Crippen molar-refractivity contribution in [3.05, 3.63) is 72.1 Å². The van der Waals surface area contributed by atoms with Crippen LogP contribution >= 0.6 is 0 Å². The summed E-state index contributed by atoms with van der Waals surface area (Å²) < 4.78 is 4.01. The Balaban J connectivity index is 1.59. The lowest BCUT2D eigenvalue weighted by molar-refractivity contribution is 0.0712. The average molecular weight is 346 g/mol. The van der Waals surface area contributed by atoms with Crippen LogP contribution in [0.3, 0.4) is 0 Å². The van der Waals surface area contributed by atoms with Crippen molar-refractivity contribution in [2.45, 2.75) is 19.6 Å². The van der Waals surface area contributed by atoms with Crippen LogP contribution in [0.2, 0.25) is 0 Å². The molecular weight excluding hydrogens is 328 g/mol. The monoisotopic (exact) mass is 346 g/mol. The first-order chi connectivity index (χ1) is 12.7. The lowest BCUT2D eigenvalue weighted by Gasteiger charge is -2.24. The maximum atomic E-state index is 13.0. The topological polar surface area (TPSA) is 79.7 Å². The largest absolute Gasteiger partial charge is 0.333 e. The fraction of sp³-hybridized carbons (Fsp3) is 0.263. The van der Waals surface area contributed by atoms with Crippen LogP contribution in [0.25, 0.3) is 0 Å². The number of hydrogen-bond donors (Lipinski definition) is 0. The van der Waals surface area contributed by atoms with Crippen LogP contribution in [0.5, 0.6) is 0 Å². The quantitative estimate of drug-likeness (QED) is 0.726. The predicted octanol–water partition coefficient (Wildman–Crippen LogP) is 1.92. The highest BCUT2D eigenvalue weighted by molar-refractivity contribution is 5.94. The first-order valence-corrected chi connectivity index (χ1v) is 8.50. The Bertz CT molecular complexity index is 935. The molecule has 1 amide bonds. The van der Waals surface area contributed by atoms with Gasteiger partial charge in [-0.25, -0.2) is 4.98 Å². The van der Waals surface area contributed by atoms with E-state index >= 15 is 0 Å². The third-order valence-electron chi connectivity index (χ3n) is 4.62. The normalized spacial score (nSPS) is 16.6. The maximum absolute atomic E-state index is 13.0. The van der Waals surface area contributed by atoms with Crippen molar-refractivity contribution in [3.8, 4) is 6.07 Å². The van der Waals surface area contributed by atoms with E-state index < -0.39 is 0 Å². The summed E-state index contributed by atoms with van der Waals surface area (Å²) in [7, 11) is 0. The lowest BCUT2D eigenvalue weighted by Crippen LogP contribution is -2.35. The second-order valence-corrected chi connectivity index (χ2v) is 6.46. The molecule has 0 radical (unpaired) electrons. The molecule has 0 spiro atoms. The minimum atomic E-state index is -0.0450. The van der Waals surface area contributed by atoms with Gasteiger partial charge in [-0.1, -0.05) is 0 Å². The summed E-state index contributed by atoms with van der Waals surface area (Å²) in [6.45, 7) is 2.64. The van der Waals surface area contributed by atoms with E-state index in [-0.39, 0.29) is 11.8 Å². The van der Waals surface area contributed by atoms with Crippen molar-refractivity contribution in [1.29, 1.82) is 5.26 Å². The minimum absolute atomic E-state index is 0.0450. The number of hydrogen-bond acceptors (Lipinski definition) is 4. The van der Waals surface area contributed by atoms with E-state index in [1.165, 1.54) is 0 Å². The first kappa shape index (κ1) is 16.1. The Labute approximate surface area is 151 Å². The number of carbonyl (C=O) groups is 1. The Morgan fingerprint density at radius 1 is 1.19 bits per heavy atom. The summed E-state index contributed by atoms with van der Waals surface area (Å²) in [5, 5.41) is 13.2. The van der Waals surface area contributed by atoms with Gasteiger partial charge in [-0.05, 0) is 30.3 Å². The highest BCUT2D eigenvalue weighted by Gasteiger charge is 2.26. The van der Waals surface area contributed by atoms with E-state index in [1.54, 1.807) is 36.7 Å². The van der Waals surface area contributed by atoms with Gasteiger partial charge in [0.15, 0.2) is 0 Å². The van der Waals surface area contributed by atoms with Crippen LogP contribution in [0.15, 0.2) is 55.1 Å². The predicted molar refractivity (Wildman–Crippen MR) is 93.8 cm³/mol. The summed E-state index contributed by atoms with van der Waals surface area (Å²) in [5.41, 5.74) is 1.13. The molecule has 1 unspecified atom stereocenters. The Morgan fingerprint density at radius 3 is 2.77 bits per heavy atom. The number of carbonyl (C=O) groups excluding carboxylic acids is 1. The molecule has 1 atom stereocenters. The highest BCUT2D eigenvalue weighted by Crippen LogP contribution is 2.19. The Hall–Kier alpha value is -3.40. The Kier molecular flexibility index (Phi) is 4.23. The van der Waals surface area contributed by atoms with Crippen molar-refractivity contribution < 1.29 is 4.79 Å². The smallest absolute Gasteiger partial charge is 0.254 e. The number of fused-ring (bicyclic) bond motifs is 1. The molecule has 130 valence electrons. The standard InChI is InChI=1S/C19H18N6O/c20-10-15-2-4-17(5-3-15)19(26)24-12-16(13-25-8-1-6-22-25)11-23-9-7-21-18(23)14-24/h1-9,16H,11-14H2. The van der Waals surface area contributed by atoms with Gasteiger partial charge >= 0.3 is 0 Å². The van der Waals surface area contributed by atoms with Crippen LogP contribution in [-0.4, -0.2) is 36.7 Å². The van der Waals surface area contributed by atoms with E-state index in [2.05, 4.69) is 20.7 Å². The molecule has 3 aromatic rings. The summed E-state index contributed by atoms with van der Waals surface area (Å²) in [5.74, 6) is 1.07. The van der Waals surface area contributed by atoms with E-state index in [0.717, 1.165) is 18.9 Å². The molecule has 2 aromatic heterocycles. The molecule has 0 N–H and O–H groups in total. The van der Waals surface area contributed by atoms with E-state index in [9.17, 15) is 4.79 Å². The fourth-order valence-electron chi connectivity index (χ4n) is 3.35. The van der Waals surface area contributed by atoms with Gasteiger partial charge in [0.2, 0.25) is 0 Å². The van der Waals surface area contributed by atoms with E-state index in [0.29, 0.717) is 24.2 Å². The number of nitrogens with zero attached hydrogens (tertiary/aromatic N) is 6. The van der Waals surface area contributed by atoms with Crippen LogP contribution in [0.4, 0.5) is 0 Å². The highest BCUT2D eigenvalue weighted by atomic mass is 16.2. The molecule has 7 heteroatoms. The first-order valence-electron chi connectivity index (χ1n) is 8.50. The van der Waals surface area contributed by atoms with Crippen LogP contribution in [-0.2, 0) is 19.6 Å². The molecule has 7 nitrogen and oxygen atoms in total. The summed E-state index contributed by atoms with van der Waals surface area (Å²) >= 11 is 0. The Morgan fingerprint density at radius 2 is 2.04 bits per heavy atom. The van der Waals surface area contributed by atoms with Gasteiger partial charge in [0.1, 0.15) is 5.82 Å².